The van der Waals surface area contributed by atoms with E-state index in [1.165, 1.54) is 6.92 Å². The van der Waals surface area contributed by atoms with E-state index in [9.17, 15) is 9.59 Å². The topological polar surface area (TPSA) is 46.2 Å². The van der Waals surface area contributed by atoms with Gasteiger partial charge in [-0.15, -0.1) is 0 Å². The van der Waals surface area contributed by atoms with Crippen molar-refractivity contribution in [2.75, 3.05) is 5.32 Å². The maximum absolute atomic E-state index is 11.8. The fraction of sp³-hybridized carbons (Fsp3) is 0.385. The lowest BCUT2D eigenvalue weighted by molar-refractivity contribution is -0.116. The molecule has 1 amide bonds. The fourth-order valence-corrected chi connectivity index (χ4v) is 1.44. The lowest BCUT2D eigenvalue weighted by Crippen LogP contribution is -2.27. The van der Waals surface area contributed by atoms with Crippen LogP contribution in [0.4, 0.5) is 5.69 Å². The number of ketones is 1. The largest absolute Gasteiger partial charge is 0.325 e. The van der Waals surface area contributed by atoms with Crippen molar-refractivity contribution in [3.63, 3.8) is 0 Å². The summed E-state index contributed by atoms with van der Waals surface area (Å²) < 4.78 is 0. The van der Waals surface area contributed by atoms with Crippen LogP contribution >= 0.6 is 15.9 Å². The van der Waals surface area contributed by atoms with Gasteiger partial charge in [0.15, 0.2) is 5.78 Å². The number of hydrogen-bond acceptors (Lipinski definition) is 2. The zero-order valence-corrected chi connectivity index (χ0v) is 11.7. The third-order valence-electron chi connectivity index (χ3n) is 2.37. The summed E-state index contributed by atoms with van der Waals surface area (Å²) in [4.78, 5) is 22.8. The van der Waals surface area contributed by atoms with Crippen molar-refractivity contribution < 1.29 is 9.59 Å². The average Bonchev–Trinajstić information content (AvgIpc) is 2.28. The van der Waals surface area contributed by atoms with Crippen LogP contribution in [0.15, 0.2) is 24.3 Å². The monoisotopic (exact) mass is 297 g/mol. The zero-order chi connectivity index (χ0) is 13.0. The molecule has 1 atom stereocenters. The summed E-state index contributed by atoms with van der Waals surface area (Å²) in [5.41, 5.74) is 1.24. The summed E-state index contributed by atoms with van der Waals surface area (Å²) in [6.45, 7) is 5.43. The molecule has 0 bridgehead atoms. The van der Waals surface area contributed by atoms with Crippen molar-refractivity contribution in [3.05, 3.63) is 29.8 Å². The minimum atomic E-state index is -0.233. The van der Waals surface area contributed by atoms with Gasteiger partial charge in [-0.1, -0.05) is 41.9 Å². The first-order valence-electron chi connectivity index (χ1n) is 5.47. The number of benzene rings is 1. The Morgan fingerprint density at radius 1 is 1.29 bits per heavy atom. The second-order valence-corrected chi connectivity index (χ2v) is 5.26. The normalized spacial score (nSPS) is 12.3. The number of rotatable bonds is 4. The number of carbonyl (C=O) groups excluding carboxylic acids is 2. The van der Waals surface area contributed by atoms with Gasteiger partial charge in [-0.2, -0.15) is 0 Å². The number of halogens is 1. The van der Waals surface area contributed by atoms with Gasteiger partial charge in [-0.25, -0.2) is 0 Å². The van der Waals surface area contributed by atoms with E-state index in [1.54, 1.807) is 24.3 Å². The highest BCUT2D eigenvalue weighted by molar-refractivity contribution is 9.10. The van der Waals surface area contributed by atoms with Crippen LogP contribution < -0.4 is 5.32 Å². The van der Waals surface area contributed by atoms with Gasteiger partial charge in [0, 0.05) is 11.3 Å². The SMILES string of the molecule is CC(=O)c1cccc(NC(=O)[C@@H](Br)C(C)C)c1. The Balaban J connectivity index is 2.78. The van der Waals surface area contributed by atoms with Crippen LogP contribution in [-0.4, -0.2) is 16.5 Å². The molecule has 0 radical (unpaired) electrons. The first kappa shape index (κ1) is 13.9. The molecule has 0 heterocycles. The molecule has 17 heavy (non-hydrogen) atoms. The van der Waals surface area contributed by atoms with Gasteiger partial charge in [0.25, 0.3) is 0 Å². The Bertz CT molecular complexity index is 429. The van der Waals surface area contributed by atoms with Gasteiger partial charge in [0.05, 0.1) is 4.83 Å². The van der Waals surface area contributed by atoms with Crippen molar-refractivity contribution in [1.82, 2.24) is 0 Å². The second-order valence-electron chi connectivity index (χ2n) is 4.27. The molecule has 1 aromatic rings. The molecular weight excluding hydrogens is 282 g/mol. The smallest absolute Gasteiger partial charge is 0.238 e. The molecule has 0 aliphatic carbocycles. The van der Waals surface area contributed by atoms with Crippen molar-refractivity contribution in [3.8, 4) is 0 Å². The van der Waals surface area contributed by atoms with E-state index < -0.39 is 0 Å². The molecule has 1 rings (SSSR count). The van der Waals surface area contributed by atoms with Crippen molar-refractivity contribution >= 4 is 33.3 Å². The van der Waals surface area contributed by atoms with Crippen LogP contribution in [-0.2, 0) is 4.79 Å². The summed E-state index contributed by atoms with van der Waals surface area (Å²) in [6, 6.07) is 6.93. The molecule has 0 fully saturated rings. The van der Waals surface area contributed by atoms with Gasteiger partial charge >= 0.3 is 0 Å². The first-order valence-corrected chi connectivity index (χ1v) is 6.39. The van der Waals surface area contributed by atoms with E-state index in [2.05, 4.69) is 21.2 Å². The summed E-state index contributed by atoms with van der Waals surface area (Å²) in [7, 11) is 0. The summed E-state index contributed by atoms with van der Waals surface area (Å²) in [5, 5.41) is 2.78. The van der Waals surface area contributed by atoms with Gasteiger partial charge in [0.1, 0.15) is 0 Å². The van der Waals surface area contributed by atoms with Gasteiger partial charge in [0.2, 0.25) is 5.91 Å². The second kappa shape index (κ2) is 5.96. The Hall–Kier alpha value is -1.16. The lowest BCUT2D eigenvalue weighted by Gasteiger charge is -2.14. The fourth-order valence-electron chi connectivity index (χ4n) is 1.33. The van der Waals surface area contributed by atoms with Crippen molar-refractivity contribution in [1.29, 1.82) is 0 Å². The predicted octanol–water partition coefficient (Wildman–Crippen LogP) is 3.25. The Labute approximate surface area is 110 Å². The van der Waals surface area contributed by atoms with Crippen LogP contribution in [0.2, 0.25) is 0 Å². The molecule has 0 aromatic heterocycles. The minimum absolute atomic E-state index is 0.0136. The molecule has 0 spiro atoms. The van der Waals surface area contributed by atoms with E-state index in [0.29, 0.717) is 11.3 Å². The molecule has 3 nitrogen and oxygen atoms in total. The van der Waals surface area contributed by atoms with Gasteiger partial charge in [-0.05, 0) is 25.0 Å². The quantitative estimate of drug-likeness (QED) is 0.685. The van der Waals surface area contributed by atoms with Crippen molar-refractivity contribution in [2.45, 2.75) is 25.6 Å². The molecular formula is C13H16BrNO2. The number of nitrogens with one attached hydrogen (secondary N) is 1. The van der Waals surface area contributed by atoms with E-state index in [0.717, 1.165) is 0 Å². The van der Waals surface area contributed by atoms with Crippen LogP contribution in [0.5, 0.6) is 0 Å². The first-order chi connectivity index (χ1) is 7.91. The minimum Gasteiger partial charge on any atom is -0.325 e. The van der Waals surface area contributed by atoms with E-state index in [4.69, 9.17) is 0 Å². The van der Waals surface area contributed by atoms with Crippen LogP contribution in [0.25, 0.3) is 0 Å². The molecule has 0 saturated carbocycles. The van der Waals surface area contributed by atoms with Crippen LogP contribution in [0.3, 0.4) is 0 Å². The molecule has 1 N–H and O–H groups in total. The molecule has 0 aliphatic heterocycles. The van der Waals surface area contributed by atoms with Gasteiger partial charge in [-0.3, -0.25) is 9.59 Å². The highest BCUT2D eigenvalue weighted by Crippen LogP contribution is 2.16. The maximum atomic E-state index is 11.8. The van der Waals surface area contributed by atoms with Crippen LogP contribution in [0, 0.1) is 5.92 Å². The van der Waals surface area contributed by atoms with E-state index in [-0.39, 0.29) is 22.4 Å². The number of alkyl halides is 1. The Kier molecular flexibility index (Phi) is 4.87. The maximum Gasteiger partial charge on any atom is 0.238 e. The number of amides is 1. The number of hydrogen-bond donors (Lipinski definition) is 1. The molecule has 0 saturated heterocycles. The third kappa shape index (κ3) is 3.97. The third-order valence-corrected chi connectivity index (χ3v) is 3.85. The Morgan fingerprint density at radius 3 is 2.47 bits per heavy atom. The van der Waals surface area contributed by atoms with Crippen molar-refractivity contribution in [2.24, 2.45) is 5.92 Å². The van der Waals surface area contributed by atoms with E-state index in [1.807, 2.05) is 13.8 Å². The zero-order valence-electron chi connectivity index (χ0n) is 10.2. The summed E-state index contributed by atoms with van der Waals surface area (Å²) in [6.07, 6.45) is 0. The summed E-state index contributed by atoms with van der Waals surface area (Å²) in [5.74, 6) is 0.104. The highest BCUT2D eigenvalue weighted by Gasteiger charge is 2.18. The highest BCUT2D eigenvalue weighted by atomic mass is 79.9. The average molecular weight is 298 g/mol. The molecule has 0 aliphatic rings. The predicted molar refractivity (Wildman–Crippen MR) is 72.6 cm³/mol. The number of Topliss-reactive ketones (excluding diaryl/α,β-unsaturated/α-hetero) is 1. The molecule has 4 heteroatoms. The van der Waals surface area contributed by atoms with Crippen LogP contribution in [0.1, 0.15) is 31.1 Å². The number of anilines is 1. The standard InChI is InChI=1S/C13H16BrNO2/c1-8(2)12(14)13(17)15-11-6-4-5-10(7-11)9(3)16/h4-8,12H,1-3H3,(H,15,17)/t12-/m0/s1. The lowest BCUT2D eigenvalue weighted by atomic mass is 10.1. The number of carbonyl (C=O) groups is 2. The molecule has 92 valence electrons. The molecule has 0 unspecified atom stereocenters. The van der Waals surface area contributed by atoms with E-state index >= 15 is 0 Å². The Morgan fingerprint density at radius 2 is 1.94 bits per heavy atom. The van der Waals surface area contributed by atoms with Gasteiger partial charge < -0.3 is 5.32 Å². The molecule has 1 aromatic carbocycles. The summed E-state index contributed by atoms with van der Waals surface area (Å²) >= 11 is 3.33.